The standard InChI is InChI=1S/C16H23NO2/c1(2-8-17-9-3-4-10-17)5-14-6-7-15-16(13-14)19-12-11-18-15/h6-7,13H,1-5,8-12H2. The number of unbranched alkanes of at least 4 members (excludes halogenated alkanes) is 1. The number of benzene rings is 1. The van der Waals surface area contributed by atoms with Crippen molar-refractivity contribution >= 4 is 0 Å². The summed E-state index contributed by atoms with van der Waals surface area (Å²) >= 11 is 0. The van der Waals surface area contributed by atoms with Gasteiger partial charge in [0.15, 0.2) is 11.5 Å². The second-order valence-electron chi connectivity index (χ2n) is 5.48. The average molecular weight is 261 g/mol. The van der Waals surface area contributed by atoms with Crippen molar-refractivity contribution in [3.63, 3.8) is 0 Å². The first-order valence-electron chi connectivity index (χ1n) is 7.53. The summed E-state index contributed by atoms with van der Waals surface area (Å²) in [5, 5.41) is 0. The predicted molar refractivity (Wildman–Crippen MR) is 76.0 cm³/mol. The largest absolute Gasteiger partial charge is 0.486 e. The Labute approximate surface area is 115 Å². The molecule has 19 heavy (non-hydrogen) atoms. The maximum Gasteiger partial charge on any atom is 0.161 e. The van der Waals surface area contributed by atoms with Crippen molar-refractivity contribution in [2.75, 3.05) is 32.8 Å². The Morgan fingerprint density at radius 2 is 1.74 bits per heavy atom. The monoisotopic (exact) mass is 261 g/mol. The van der Waals surface area contributed by atoms with Crippen molar-refractivity contribution in [2.24, 2.45) is 0 Å². The van der Waals surface area contributed by atoms with Gasteiger partial charge in [0.2, 0.25) is 0 Å². The lowest BCUT2D eigenvalue weighted by atomic mass is 10.1. The zero-order valence-corrected chi connectivity index (χ0v) is 11.6. The Bertz CT molecular complexity index is 413. The highest BCUT2D eigenvalue weighted by Gasteiger charge is 2.12. The minimum Gasteiger partial charge on any atom is -0.486 e. The van der Waals surface area contributed by atoms with Crippen LogP contribution in [-0.4, -0.2) is 37.7 Å². The molecule has 2 aliphatic heterocycles. The van der Waals surface area contributed by atoms with Crippen LogP contribution in [-0.2, 0) is 6.42 Å². The van der Waals surface area contributed by atoms with E-state index in [4.69, 9.17) is 9.47 Å². The maximum atomic E-state index is 5.62. The molecule has 104 valence electrons. The Morgan fingerprint density at radius 1 is 0.947 bits per heavy atom. The number of likely N-dealkylation sites (tertiary alicyclic amines) is 1. The molecule has 3 heteroatoms. The lowest BCUT2D eigenvalue weighted by Crippen LogP contribution is -2.20. The van der Waals surface area contributed by atoms with Gasteiger partial charge < -0.3 is 14.4 Å². The highest BCUT2D eigenvalue weighted by molar-refractivity contribution is 5.43. The van der Waals surface area contributed by atoms with Crippen LogP contribution in [0.3, 0.4) is 0 Å². The molecule has 0 radical (unpaired) electrons. The van der Waals surface area contributed by atoms with Crippen LogP contribution in [0, 0.1) is 0 Å². The first-order chi connectivity index (χ1) is 9.42. The molecule has 0 bridgehead atoms. The van der Waals surface area contributed by atoms with Gasteiger partial charge in [0.05, 0.1) is 0 Å². The van der Waals surface area contributed by atoms with E-state index in [-0.39, 0.29) is 0 Å². The van der Waals surface area contributed by atoms with Crippen LogP contribution in [0.5, 0.6) is 11.5 Å². The molecule has 3 nitrogen and oxygen atoms in total. The molecule has 0 unspecified atom stereocenters. The van der Waals surface area contributed by atoms with Crippen LogP contribution in [0.1, 0.15) is 31.2 Å². The number of hydrogen-bond acceptors (Lipinski definition) is 3. The van der Waals surface area contributed by atoms with E-state index in [1.165, 1.54) is 50.9 Å². The Balaban J connectivity index is 1.44. The number of fused-ring (bicyclic) bond motifs is 1. The minimum absolute atomic E-state index is 0.669. The second kappa shape index (κ2) is 6.29. The van der Waals surface area contributed by atoms with E-state index in [0.717, 1.165) is 17.9 Å². The summed E-state index contributed by atoms with van der Waals surface area (Å²) in [7, 11) is 0. The number of ether oxygens (including phenoxy) is 2. The Hall–Kier alpha value is -1.22. The Morgan fingerprint density at radius 3 is 2.58 bits per heavy atom. The quantitative estimate of drug-likeness (QED) is 0.761. The van der Waals surface area contributed by atoms with E-state index in [1.807, 2.05) is 6.07 Å². The van der Waals surface area contributed by atoms with Crippen molar-refractivity contribution in [3.05, 3.63) is 23.8 Å². The molecule has 0 spiro atoms. The van der Waals surface area contributed by atoms with Gasteiger partial charge in [-0.2, -0.15) is 0 Å². The van der Waals surface area contributed by atoms with E-state index in [1.54, 1.807) is 0 Å². The highest BCUT2D eigenvalue weighted by atomic mass is 16.6. The summed E-state index contributed by atoms with van der Waals surface area (Å²) in [4.78, 5) is 2.59. The molecule has 1 fully saturated rings. The Kier molecular flexibility index (Phi) is 4.23. The first kappa shape index (κ1) is 12.8. The summed E-state index contributed by atoms with van der Waals surface area (Å²) in [6.45, 7) is 5.23. The fourth-order valence-corrected chi connectivity index (χ4v) is 2.91. The lowest BCUT2D eigenvalue weighted by molar-refractivity contribution is 0.171. The van der Waals surface area contributed by atoms with Gasteiger partial charge >= 0.3 is 0 Å². The maximum absolute atomic E-state index is 5.62. The summed E-state index contributed by atoms with van der Waals surface area (Å²) in [6.07, 6.45) is 6.49. The van der Waals surface area contributed by atoms with Crippen LogP contribution in [0.4, 0.5) is 0 Å². The number of aryl methyl sites for hydroxylation is 1. The molecule has 0 saturated carbocycles. The van der Waals surface area contributed by atoms with Gasteiger partial charge in [-0.05, 0) is 69.4 Å². The molecule has 0 amide bonds. The smallest absolute Gasteiger partial charge is 0.161 e. The molecule has 2 heterocycles. The van der Waals surface area contributed by atoms with Gasteiger partial charge in [0.25, 0.3) is 0 Å². The van der Waals surface area contributed by atoms with E-state index in [2.05, 4.69) is 17.0 Å². The highest BCUT2D eigenvalue weighted by Crippen LogP contribution is 2.31. The molecule has 2 aliphatic rings. The molecule has 0 atom stereocenters. The molecular weight excluding hydrogens is 238 g/mol. The zero-order valence-electron chi connectivity index (χ0n) is 11.6. The first-order valence-corrected chi connectivity index (χ1v) is 7.53. The van der Waals surface area contributed by atoms with Crippen molar-refractivity contribution in [2.45, 2.75) is 32.1 Å². The SMILES string of the molecule is c1cc2c(cc1CCCCN1CCCC1)OCCO2. The summed E-state index contributed by atoms with van der Waals surface area (Å²) in [5.41, 5.74) is 1.37. The number of rotatable bonds is 5. The van der Waals surface area contributed by atoms with Gasteiger partial charge in [-0.15, -0.1) is 0 Å². The fourth-order valence-electron chi connectivity index (χ4n) is 2.91. The van der Waals surface area contributed by atoms with E-state index in [9.17, 15) is 0 Å². The topological polar surface area (TPSA) is 21.7 Å². The van der Waals surface area contributed by atoms with Crippen LogP contribution in [0.2, 0.25) is 0 Å². The van der Waals surface area contributed by atoms with E-state index >= 15 is 0 Å². The predicted octanol–water partition coefficient (Wildman–Crippen LogP) is 2.88. The summed E-state index contributed by atoms with van der Waals surface area (Å²) < 4.78 is 11.2. The third kappa shape index (κ3) is 3.41. The zero-order chi connectivity index (χ0) is 12.9. The molecule has 1 saturated heterocycles. The molecule has 0 aromatic heterocycles. The third-order valence-electron chi connectivity index (χ3n) is 4.00. The van der Waals surface area contributed by atoms with Crippen LogP contribution in [0.25, 0.3) is 0 Å². The van der Waals surface area contributed by atoms with Gasteiger partial charge in [0, 0.05) is 0 Å². The third-order valence-corrected chi connectivity index (χ3v) is 4.00. The lowest BCUT2D eigenvalue weighted by Gasteiger charge is -2.19. The average Bonchev–Trinajstić information content (AvgIpc) is 2.97. The molecule has 0 aliphatic carbocycles. The normalized spacial score (nSPS) is 18.7. The van der Waals surface area contributed by atoms with Crippen LogP contribution >= 0.6 is 0 Å². The molecule has 1 aromatic carbocycles. The molecule has 1 aromatic rings. The summed E-state index contributed by atoms with van der Waals surface area (Å²) in [5.74, 6) is 1.82. The van der Waals surface area contributed by atoms with Crippen LogP contribution < -0.4 is 9.47 Å². The van der Waals surface area contributed by atoms with E-state index < -0.39 is 0 Å². The van der Waals surface area contributed by atoms with Crippen LogP contribution in [0.15, 0.2) is 18.2 Å². The van der Waals surface area contributed by atoms with Crippen molar-refractivity contribution in [1.29, 1.82) is 0 Å². The van der Waals surface area contributed by atoms with Gasteiger partial charge in [-0.3, -0.25) is 0 Å². The van der Waals surface area contributed by atoms with Gasteiger partial charge in [-0.1, -0.05) is 6.07 Å². The number of nitrogens with zero attached hydrogens (tertiary/aromatic N) is 1. The molecular formula is C16H23NO2. The van der Waals surface area contributed by atoms with Crippen molar-refractivity contribution in [1.82, 2.24) is 4.90 Å². The summed E-state index contributed by atoms with van der Waals surface area (Å²) in [6, 6.07) is 6.36. The van der Waals surface area contributed by atoms with Crippen molar-refractivity contribution in [3.8, 4) is 11.5 Å². The van der Waals surface area contributed by atoms with Crippen molar-refractivity contribution < 1.29 is 9.47 Å². The van der Waals surface area contributed by atoms with E-state index in [0.29, 0.717) is 13.2 Å². The van der Waals surface area contributed by atoms with Gasteiger partial charge in [-0.25, -0.2) is 0 Å². The second-order valence-corrected chi connectivity index (χ2v) is 5.48. The fraction of sp³-hybridized carbons (Fsp3) is 0.625. The molecule has 0 N–H and O–H groups in total. The number of hydrogen-bond donors (Lipinski definition) is 0. The molecule has 3 rings (SSSR count). The van der Waals surface area contributed by atoms with Gasteiger partial charge in [0.1, 0.15) is 13.2 Å². The minimum atomic E-state index is 0.669.